The van der Waals surface area contributed by atoms with Crippen molar-refractivity contribution in [2.75, 3.05) is 0 Å². The first-order valence-electron chi connectivity index (χ1n) is 11.3. The Bertz CT molecular complexity index is 881. The second kappa shape index (κ2) is 10.9. The van der Waals surface area contributed by atoms with Crippen LogP contribution in [0.4, 0.5) is 0 Å². The molecule has 4 rings (SSSR count). The highest BCUT2D eigenvalue weighted by Crippen LogP contribution is 2.33. The van der Waals surface area contributed by atoms with Gasteiger partial charge in [0, 0.05) is 11.8 Å². The molecule has 0 spiro atoms. The van der Waals surface area contributed by atoms with E-state index in [-0.39, 0.29) is 24.0 Å². The molecule has 0 saturated heterocycles. The maximum Gasteiger partial charge on any atom is 0.101 e. The van der Waals surface area contributed by atoms with E-state index in [1.54, 1.807) is 0 Å². The monoisotopic (exact) mass is 422 g/mol. The van der Waals surface area contributed by atoms with Gasteiger partial charge in [-0.15, -0.1) is 0 Å². The number of rotatable bonds is 9. The van der Waals surface area contributed by atoms with Crippen LogP contribution in [0.1, 0.15) is 47.9 Å². The predicted octanol–water partition coefficient (Wildman–Crippen LogP) is 7.38. The van der Waals surface area contributed by atoms with Crippen LogP contribution < -0.4 is 0 Å². The Balaban J connectivity index is 1.55. The predicted molar refractivity (Wildman–Crippen MR) is 131 cm³/mol. The quantitative estimate of drug-likeness (QED) is 0.207. The molecule has 0 N–H and O–H groups in total. The topological polar surface area (TPSA) is 18.5 Å². The molecule has 0 amide bonds. The minimum Gasteiger partial charge on any atom is -0.232 e. The van der Waals surface area contributed by atoms with Gasteiger partial charge in [0.05, 0.1) is 0 Å². The van der Waals surface area contributed by atoms with Gasteiger partial charge < -0.3 is 0 Å². The van der Waals surface area contributed by atoms with Gasteiger partial charge in [-0.05, 0) is 36.1 Å². The van der Waals surface area contributed by atoms with Crippen LogP contribution in [0.15, 0.2) is 121 Å². The van der Waals surface area contributed by atoms with Gasteiger partial charge in [-0.1, -0.05) is 121 Å². The molecule has 4 aromatic carbocycles. The second-order valence-electron chi connectivity index (χ2n) is 8.20. The van der Waals surface area contributed by atoms with E-state index < -0.39 is 0 Å². The van der Waals surface area contributed by atoms with Gasteiger partial charge in [0.1, 0.15) is 12.2 Å². The molecule has 162 valence electrons. The van der Waals surface area contributed by atoms with Crippen LogP contribution in [0.3, 0.4) is 0 Å². The summed E-state index contributed by atoms with van der Waals surface area (Å²) in [6.45, 7) is 4.16. The Morgan fingerprint density at radius 3 is 0.812 bits per heavy atom. The van der Waals surface area contributed by atoms with Crippen molar-refractivity contribution in [3.05, 3.63) is 144 Å². The third-order valence-electron chi connectivity index (χ3n) is 5.93. The average molecular weight is 423 g/mol. The van der Waals surface area contributed by atoms with E-state index in [0.717, 1.165) is 0 Å². The first kappa shape index (κ1) is 22.0. The summed E-state index contributed by atoms with van der Waals surface area (Å²) in [7, 11) is 0. The van der Waals surface area contributed by atoms with Gasteiger partial charge in [-0.3, -0.25) is 0 Å². The van der Waals surface area contributed by atoms with Gasteiger partial charge in [-0.25, -0.2) is 9.78 Å². The zero-order valence-corrected chi connectivity index (χ0v) is 18.7. The molecular formula is C30H30O2. The Morgan fingerprint density at radius 1 is 0.375 bits per heavy atom. The summed E-state index contributed by atoms with van der Waals surface area (Å²) in [4.78, 5) is 12.2. The lowest BCUT2D eigenvalue weighted by Gasteiger charge is -2.29. The van der Waals surface area contributed by atoms with Gasteiger partial charge >= 0.3 is 0 Å². The average Bonchev–Trinajstić information content (AvgIpc) is 2.86. The fraction of sp³-hybridized carbons (Fsp3) is 0.200. The van der Waals surface area contributed by atoms with Crippen LogP contribution >= 0.6 is 0 Å². The van der Waals surface area contributed by atoms with Crippen molar-refractivity contribution in [1.82, 2.24) is 0 Å². The van der Waals surface area contributed by atoms with E-state index in [0.29, 0.717) is 0 Å². The third kappa shape index (κ3) is 5.34. The molecule has 0 aromatic heterocycles. The molecule has 4 aromatic rings. The molecule has 2 atom stereocenters. The lowest BCUT2D eigenvalue weighted by molar-refractivity contribution is -0.348. The third-order valence-corrected chi connectivity index (χ3v) is 5.93. The van der Waals surface area contributed by atoms with Crippen molar-refractivity contribution in [3.63, 3.8) is 0 Å². The van der Waals surface area contributed by atoms with Crippen LogP contribution in [0.5, 0.6) is 0 Å². The molecular weight excluding hydrogens is 392 g/mol. The van der Waals surface area contributed by atoms with E-state index in [1.165, 1.54) is 22.3 Å². The van der Waals surface area contributed by atoms with Gasteiger partial charge in [-0.2, -0.15) is 0 Å². The van der Waals surface area contributed by atoms with Gasteiger partial charge in [0.15, 0.2) is 0 Å². The largest absolute Gasteiger partial charge is 0.232 e. The summed E-state index contributed by atoms with van der Waals surface area (Å²) < 4.78 is 0. The minimum absolute atomic E-state index is 0.0801. The molecule has 0 radical (unpaired) electrons. The Labute approximate surface area is 191 Å². The number of benzene rings is 4. The Kier molecular flexibility index (Phi) is 7.50. The van der Waals surface area contributed by atoms with Crippen LogP contribution in [-0.2, 0) is 9.78 Å². The van der Waals surface area contributed by atoms with Crippen molar-refractivity contribution in [2.45, 2.75) is 37.9 Å². The summed E-state index contributed by atoms with van der Waals surface area (Å²) in [5.41, 5.74) is 4.85. The molecule has 2 nitrogen and oxygen atoms in total. The molecule has 0 fully saturated rings. The smallest absolute Gasteiger partial charge is 0.101 e. The first-order valence-corrected chi connectivity index (χ1v) is 11.3. The molecule has 0 saturated carbocycles. The van der Waals surface area contributed by atoms with Crippen molar-refractivity contribution in [1.29, 1.82) is 0 Å². The molecule has 0 aliphatic rings. The lowest BCUT2D eigenvalue weighted by atomic mass is 9.87. The molecule has 0 heterocycles. The van der Waals surface area contributed by atoms with E-state index in [2.05, 4.69) is 111 Å². The fourth-order valence-corrected chi connectivity index (χ4v) is 4.40. The highest BCUT2D eigenvalue weighted by molar-refractivity contribution is 5.34. The maximum absolute atomic E-state index is 6.10. The van der Waals surface area contributed by atoms with Crippen LogP contribution in [0.2, 0.25) is 0 Å². The molecule has 2 unspecified atom stereocenters. The second-order valence-corrected chi connectivity index (χ2v) is 8.20. The summed E-state index contributed by atoms with van der Waals surface area (Å²) in [6, 6.07) is 41.9. The zero-order valence-electron chi connectivity index (χ0n) is 18.7. The first-order chi connectivity index (χ1) is 15.7. The minimum atomic E-state index is -0.158. The number of hydrogen-bond acceptors (Lipinski definition) is 2. The van der Waals surface area contributed by atoms with Crippen molar-refractivity contribution in [3.8, 4) is 0 Å². The Morgan fingerprint density at radius 2 is 0.594 bits per heavy atom. The van der Waals surface area contributed by atoms with E-state index in [9.17, 15) is 0 Å². The van der Waals surface area contributed by atoms with Crippen LogP contribution in [0, 0.1) is 0 Å². The molecule has 2 heteroatoms. The normalized spacial score (nSPS) is 13.2. The van der Waals surface area contributed by atoms with Crippen molar-refractivity contribution >= 4 is 0 Å². The summed E-state index contributed by atoms with van der Waals surface area (Å²) in [5, 5.41) is 0. The number of hydrogen-bond donors (Lipinski definition) is 0. The molecule has 32 heavy (non-hydrogen) atoms. The summed E-state index contributed by atoms with van der Waals surface area (Å²) >= 11 is 0. The summed E-state index contributed by atoms with van der Waals surface area (Å²) in [6.07, 6.45) is -0.316. The highest BCUT2D eigenvalue weighted by Gasteiger charge is 2.27. The zero-order chi connectivity index (χ0) is 22.2. The maximum atomic E-state index is 6.10. The summed E-state index contributed by atoms with van der Waals surface area (Å²) in [5.74, 6) is 0.160. The molecule has 0 bridgehead atoms. The van der Waals surface area contributed by atoms with E-state index in [1.807, 2.05) is 24.3 Å². The lowest BCUT2D eigenvalue weighted by Crippen LogP contribution is -2.26. The van der Waals surface area contributed by atoms with Gasteiger partial charge in [0.25, 0.3) is 0 Å². The fourth-order valence-electron chi connectivity index (χ4n) is 4.40. The van der Waals surface area contributed by atoms with Crippen LogP contribution in [0.25, 0.3) is 0 Å². The SMILES string of the molecule is CC(OOC(C)C(c1ccccc1)c1ccccc1)C(c1ccccc1)c1ccccc1. The van der Waals surface area contributed by atoms with Gasteiger partial charge in [0.2, 0.25) is 0 Å². The highest BCUT2D eigenvalue weighted by atomic mass is 17.2. The standard InChI is InChI=1S/C30H30O2/c1-23(29(25-15-7-3-8-16-25)26-17-9-4-10-18-26)31-32-24(2)30(27-19-11-5-12-20-27)28-21-13-6-14-22-28/h3-24,29-30H,1-2H3. The van der Waals surface area contributed by atoms with E-state index >= 15 is 0 Å². The van der Waals surface area contributed by atoms with Crippen molar-refractivity contribution < 1.29 is 9.78 Å². The van der Waals surface area contributed by atoms with Crippen molar-refractivity contribution in [2.24, 2.45) is 0 Å². The molecule has 0 aliphatic carbocycles. The Hall–Kier alpha value is -3.20. The van der Waals surface area contributed by atoms with Crippen LogP contribution in [-0.4, -0.2) is 12.2 Å². The molecule has 0 aliphatic heterocycles. The van der Waals surface area contributed by atoms with E-state index in [4.69, 9.17) is 9.78 Å².